The number of hydrogen-bond acceptors (Lipinski definition) is 5. The molecule has 0 aromatic heterocycles. The van der Waals surface area contributed by atoms with Gasteiger partial charge < -0.3 is 10.2 Å². The van der Waals surface area contributed by atoms with E-state index in [-0.39, 0.29) is 47.8 Å². The fraction of sp³-hybridized carbons (Fsp3) is 0.464. The molecule has 1 atom stereocenters. The molecule has 37 heavy (non-hydrogen) atoms. The summed E-state index contributed by atoms with van der Waals surface area (Å²) in [5.74, 6) is -1.18. The number of benzene rings is 2. The summed E-state index contributed by atoms with van der Waals surface area (Å²) in [6.07, 6.45) is 5.40. The molecule has 0 radical (unpaired) electrons. The standard InChI is InChI=1S/C28H35N3O5S/c1-3-24(27(33)29-22-13-5-4-6-14-22)30(19-21-12-8-7-11-20(21)2)26(32)17-18-31-28(34)23-15-9-10-16-25(23)37(31,35)36/h7-12,15-16,22,24H,3-6,13-14,17-19H2,1-2H3,(H,29,33)/t24-/m1/s1. The molecule has 1 saturated carbocycles. The van der Waals surface area contributed by atoms with Gasteiger partial charge in [-0.25, -0.2) is 12.7 Å². The third-order valence-corrected chi connectivity index (χ3v) is 9.22. The highest BCUT2D eigenvalue weighted by molar-refractivity contribution is 7.90. The van der Waals surface area contributed by atoms with Crippen molar-refractivity contribution in [2.24, 2.45) is 0 Å². The van der Waals surface area contributed by atoms with Gasteiger partial charge in [-0.05, 0) is 49.4 Å². The van der Waals surface area contributed by atoms with Gasteiger partial charge in [-0.2, -0.15) is 0 Å². The van der Waals surface area contributed by atoms with Gasteiger partial charge in [0, 0.05) is 25.6 Å². The second-order valence-electron chi connectivity index (χ2n) is 9.84. The van der Waals surface area contributed by atoms with E-state index in [1.54, 1.807) is 17.0 Å². The lowest BCUT2D eigenvalue weighted by atomic mass is 9.95. The van der Waals surface area contributed by atoms with Gasteiger partial charge in [-0.1, -0.05) is 62.6 Å². The van der Waals surface area contributed by atoms with Crippen LogP contribution >= 0.6 is 0 Å². The van der Waals surface area contributed by atoms with Crippen LogP contribution in [0.2, 0.25) is 0 Å². The van der Waals surface area contributed by atoms with Crippen LogP contribution < -0.4 is 5.32 Å². The Morgan fingerprint density at radius 3 is 2.41 bits per heavy atom. The number of carbonyl (C=O) groups is 3. The van der Waals surface area contributed by atoms with Crippen LogP contribution in [-0.2, 0) is 26.2 Å². The monoisotopic (exact) mass is 525 g/mol. The highest BCUT2D eigenvalue weighted by atomic mass is 32.2. The number of carbonyl (C=O) groups excluding carboxylic acids is 3. The van der Waals surface area contributed by atoms with Crippen molar-refractivity contribution < 1.29 is 22.8 Å². The van der Waals surface area contributed by atoms with Crippen molar-refractivity contribution in [3.63, 3.8) is 0 Å². The predicted octanol–water partition coefficient (Wildman–Crippen LogP) is 3.79. The number of nitrogens with zero attached hydrogens (tertiary/aromatic N) is 2. The van der Waals surface area contributed by atoms with Gasteiger partial charge in [0.2, 0.25) is 11.8 Å². The van der Waals surface area contributed by atoms with Crippen LogP contribution in [0.5, 0.6) is 0 Å². The van der Waals surface area contributed by atoms with E-state index in [9.17, 15) is 22.8 Å². The summed E-state index contributed by atoms with van der Waals surface area (Å²) in [7, 11) is -4.01. The Morgan fingerprint density at radius 1 is 1.05 bits per heavy atom. The Balaban J connectivity index is 1.54. The molecule has 1 heterocycles. The second kappa shape index (κ2) is 11.5. The van der Waals surface area contributed by atoms with E-state index in [0.29, 0.717) is 6.42 Å². The zero-order chi connectivity index (χ0) is 26.6. The minimum atomic E-state index is -4.01. The van der Waals surface area contributed by atoms with Gasteiger partial charge in [-0.3, -0.25) is 14.4 Å². The first kappa shape index (κ1) is 26.9. The van der Waals surface area contributed by atoms with Crippen LogP contribution in [-0.4, -0.2) is 54.0 Å². The third-order valence-electron chi connectivity index (χ3n) is 7.38. The van der Waals surface area contributed by atoms with Gasteiger partial charge >= 0.3 is 0 Å². The number of amides is 3. The Morgan fingerprint density at radius 2 is 1.73 bits per heavy atom. The summed E-state index contributed by atoms with van der Waals surface area (Å²) in [6.45, 7) is 3.77. The molecule has 0 bridgehead atoms. The lowest BCUT2D eigenvalue weighted by molar-refractivity contribution is -0.141. The van der Waals surface area contributed by atoms with Crippen molar-refractivity contribution in [2.75, 3.05) is 6.54 Å². The number of fused-ring (bicyclic) bond motifs is 1. The molecule has 198 valence electrons. The first-order chi connectivity index (χ1) is 17.7. The number of rotatable bonds is 9. The van der Waals surface area contributed by atoms with Gasteiger partial charge in [0.15, 0.2) is 0 Å². The van der Waals surface area contributed by atoms with Gasteiger partial charge in [0.1, 0.15) is 10.9 Å². The molecule has 2 aliphatic rings. The first-order valence-electron chi connectivity index (χ1n) is 13.0. The zero-order valence-electron chi connectivity index (χ0n) is 21.5. The SMILES string of the molecule is CC[C@H](C(=O)NC1CCCCC1)N(Cc1ccccc1C)C(=O)CCN1C(=O)c2ccccc2S1(=O)=O. The predicted molar refractivity (Wildman–Crippen MR) is 140 cm³/mol. The minimum Gasteiger partial charge on any atom is -0.352 e. The van der Waals surface area contributed by atoms with Crippen LogP contribution in [0.4, 0.5) is 0 Å². The molecule has 1 aliphatic heterocycles. The summed E-state index contributed by atoms with van der Waals surface area (Å²) in [5, 5.41) is 3.14. The van der Waals surface area contributed by atoms with E-state index in [4.69, 9.17) is 0 Å². The molecule has 2 aromatic carbocycles. The molecular formula is C28H35N3O5S. The Hall–Kier alpha value is -3.20. The molecule has 0 unspecified atom stereocenters. The van der Waals surface area contributed by atoms with Crippen molar-refractivity contribution in [3.05, 3.63) is 65.2 Å². The molecule has 9 heteroatoms. The van der Waals surface area contributed by atoms with Crippen LogP contribution in [0, 0.1) is 6.92 Å². The molecule has 1 N–H and O–H groups in total. The van der Waals surface area contributed by atoms with E-state index >= 15 is 0 Å². The molecule has 3 amide bonds. The molecule has 4 rings (SSSR count). The average molecular weight is 526 g/mol. The van der Waals surface area contributed by atoms with E-state index in [1.807, 2.05) is 38.1 Å². The van der Waals surface area contributed by atoms with Crippen LogP contribution in [0.15, 0.2) is 53.4 Å². The van der Waals surface area contributed by atoms with Crippen LogP contribution in [0.1, 0.15) is 73.4 Å². The summed E-state index contributed by atoms with van der Waals surface area (Å²) in [4.78, 5) is 41.3. The van der Waals surface area contributed by atoms with Gasteiger partial charge in [-0.15, -0.1) is 0 Å². The van der Waals surface area contributed by atoms with Crippen molar-refractivity contribution in [2.45, 2.75) is 82.3 Å². The topological polar surface area (TPSA) is 104 Å². The minimum absolute atomic E-state index is 0.0393. The number of hydrogen-bond donors (Lipinski definition) is 1. The fourth-order valence-corrected chi connectivity index (χ4v) is 6.80. The van der Waals surface area contributed by atoms with Gasteiger partial charge in [0.05, 0.1) is 5.56 Å². The first-order valence-corrected chi connectivity index (χ1v) is 14.5. The largest absolute Gasteiger partial charge is 0.352 e. The Bertz CT molecular complexity index is 1270. The second-order valence-corrected chi connectivity index (χ2v) is 11.7. The normalized spacial score (nSPS) is 17.8. The molecule has 1 fully saturated rings. The maximum atomic E-state index is 13.6. The summed E-state index contributed by atoms with van der Waals surface area (Å²) < 4.78 is 26.7. The smallest absolute Gasteiger partial charge is 0.269 e. The average Bonchev–Trinajstić information content (AvgIpc) is 3.09. The van der Waals surface area contributed by atoms with E-state index in [0.717, 1.165) is 41.1 Å². The zero-order valence-corrected chi connectivity index (χ0v) is 22.3. The Kier molecular flexibility index (Phi) is 8.32. The Labute approximate surface area is 219 Å². The van der Waals surface area contributed by atoms with Crippen molar-refractivity contribution >= 4 is 27.7 Å². The molecule has 1 aliphatic carbocycles. The van der Waals surface area contributed by atoms with E-state index in [1.165, 1.54) is 18.6 Å². The van der Waals surface area contributed by atoms with Crippen molar-refractivity contribution in [3.8, 4) is 0 Å². The lowest BCUT2D eigenvalue weighted by Gasteiger charge is -2.33. The lowest BCUT2D eigenvalue weighted by Crippen LogP contribution is -2.52. The molecule has 0 saturated heterocycles. The number of sulfonamides is 1. The summed E-state index contributed by atoms with van der Waals surface area (Å²) in [6, 6.07) is 13.1. The number of aryl methyl sites for hydroxylation is 1. The number of nitrogens with one attached hydrogen (secondary N) is 1. The van der Waals surface area contributed by atoms with Crippen LogP contribution in [0.25, 0.3) is 0 Å². The van der Waals surface area contributed by atoms with Crippen LogP contribution in [0.3, 0.4) is 0 Å². The highest BCUT2D eigenvalue weighted by Gasteiger charge is 2.41. The summed E-state index contributed by atoms with van der Waals surface area (Å²) >= 11 is 0. The highest BCUT2D eigenvalue weighted by Crippen LogP contribution is 2.30. The third kappa shape index (κ3) is 5.71. The molecular weight excluding hydrogens is 490 g/mol. The quantitative estimate of drug-likeness (QED) is 0.537. The van der Waals surface area contributed by atoms with Crippen molar-refractivity contribution in [1.29, 1.82) is 0 Å². The fourth-order valence-electron chi connectivity index (χ4n) is 5.23. The van der Waals surface area contributed by atoms with Gasteiger partial charge in [0.25, 0.3) is 15.9 Å². The van der Waals surface area contributed by atoms with E-state index in [2.05, 4.69) is 5.32 Å². The van der Waals surface area contributed by atoms with E-state index < -0.39 is 22.0 Å². The summed E-state index contributed by atoms with van der Waals surface area (Å²) in [5.41, 5.74) is 2.03. The maximum absolute atomic E-state index is 13.6. The molecule has 8 nitrogen and oxygen atoms in total. The maximum Gasteiger partial charge on any atom is 0.269 e. The van der Waals surface area contributed by atoms with Crippen molar-refractivity contribution in [1.82, 2.24) is 14.5 Å². The molecule has 2 aromatic rings. The molecule has 0 spiro atoms.